The van der Waals surface area contributed by atoms with Crippen molar-refractivity contribution in [3.05, 3.63) is 45.7 Å². The Morgan fingerprint density at radius 2 is 2.04 bits per heavy atom. The van der Waals surface area contributed by atoms with E-state index >= 15 is 0 Å². The topological polar surface area (TPSA) is 55.4 Å². The van der Waals surface area contributed by atoms with E-state index in [9.17, 15) is 0 Å². The molecule has 0 N–H and O–H groups in total. The molecule has 0 atom stereocenters. The molecule has 1 aliphatic heterocycles. The normalized spacial score (nSPS) is 16.8. The molecule has 1 aliphatic carbocycles. The third kappa shape index (κ3) is 3.42. The summed E-state index contributed by atoms with van der Waals surface area (Å²) in [5.41, 5.74) is 4.41. The standard InChI is InChI=1S/C18H19N5S3/c1-2-4-14-9-12(5-6-13(14)3-1)10-16-22-23-15(20-21-17(23)26-16)11-25-18-19-7-8-24-18/h5-6,9H,1-4,7-8,10-11H2. The van der Waals surface area contributed by atoms with Gasteiger partial charge >= 0.3 is 0 Å². The van der Waals surface area contributed by atoms with Crippen LogP contribution in [0.4, 0.5) is 0 Å². The molecule has 0 spiro atoms. The highest BCUT2D eigenvalue weighted by Gasteiger charge is 2.15. The number of aryl methyl sites for hydroxylation is 2. The highest BCUT2D eigenvalue weighted by Crippen LogP contribution is 2.27. The van der Waals surface area contributed by atoms with Crippen molar-refractivity contribution in [2.24, 2.45) is 4.99 Å². The summed E-state index contributed by atoms with van der Waals surface area (Å²) in [7, 11) is 0. The van der Waals surface area contributed by atoms with E-state index in [0.717, 1.165) is 44.6 Å². The lowest BCUT2D eigenvalue weighted by Gasteiger charge is -2.16. The van der Waals surface area contributed by atoms with E-state index < -0.39 is 0 Å². The number of aromatic nitrogens is 4. The first kappa shape index (κ1) is 16.8. The lowest BCUT2D eigenvalue weighted by atomic mass is 9.90. The summed E-state index contributed by atoms with van der Waals surface area (Å²) in [6.45, 7) is 0.934. The number of rotatable bonds is 4. The minimum absolute atomic E-state index is 0.773. The lowest BCUT2D eigenvalue weighted by Crippen LogP contribution is -2.03. The number of benzene rings is 1. The molecule has 0 fully saturated rings. The molecule has 26 heavy (non-hydrogen) atoms. The number of thioether (sulfide) groups is 2. The molecular weight excluding hydrogens is 382 g/mol. The predicted molar refractivity (Wildman–Crippen MR) is 111 cm³/mol. The fraction of sp³-hybridized carbons (Fsp3) is 0.444. The second-order valence-corrected chi connectivity index (χ2v) is 9.92. The highest BCUT2D eigenvalue weighted by atomic mass is 32.2. The zero-order valence-corrected chi connectivity index (χ0v) is 16.8. The number of hydrogen-bond donors (Lipinski definition) is 0. The quantitative estimate of drug-likeness (QED) is 0.662. The van der Waals surface area contributed by atoms with Crippen LogP contribution in [0.15, 0.2) is 23.2 Å². The predicted octanol–water partition coefficient (Wildman–Crippen LogP) is 3.99. The van der Waals surface area contributed by atoms with Crippen LogP contribution in [0.25, 0.3) is 4.96 Å². The molecule has 0 radical (unpaired) electrons. The van der Waals surface area contributed by atoms with Gasteiger partial charge in [-0.3, -0.25) is 4.99 Å². The van der Waals surface area contributed by atoms with Gasteiger partial charge in [0.25, 0.3) is 0 Å². The molecule has 2 aliphatic rings. The zero-order valence-electron chi connectivity index (χ0n) is 14.3. The van der Waals surface area contributed by atoms with Crippen LogP contribution in [0.5, 0.6) is 0 Å². The van der Waals surface area contributed by atoms with E-state index in [4.69, 9.17) is 5.10 Å². The Morgan fingerprint density at radius 1 is 1.12 bits per heavy atom. The average Bonchev–Trinajstić information content (AvgIpc) is 3.38. The van der Waals surface area contributed by atoms with Gasteiger partial charge in [-0.1, -0.05) is 53.1 Å². The Morgan fingerprint density at radius 3 is 2.92 bits per heavy atom. The fourth-order valence-electron chi connectivity index (χ4n) is 3.46. The van der Waals surface area contributed by atoms with Crippen molar-refractivity contribution in [2.75, 3.05) is 12.3 Å². The van der Waals surface area contributed by atoms with Crippen LogP contribution >= 0.6 is 34.9 Å². The first-order valence-corrected chi connectivity index (χ1v) is 11.7. The van der Waals surface area contributed by atoms with Gasteiger partial charge in [0.2, 0.25) is 4.96 Å². The van der Waals surface area contributed by atoms with Gasteiger partial charge in [0.05, 0.1) is 12.3 Å². The van der Waals surface area contributed by atoms with Crippen LogP contribution < -0.4 is 0 Å². The monoisotopic (exact) mass is 401 g/mol. The van der Waals surface area contributed by atoms with Crippen molar-refractivity contribution in [1.82, 2.24) is 19.8 Å². The summed E-state index contributed by atoms with van der Waals surface area (Å²) in [5, 5.41) is 14.5. The van der Waals surface area contributed by atoms with Crippen LogP contribution in [0.1, 0.15) is 40.4 Å². The van der Waals surface area contributed by atoms with E-state index in [0.29, 0.717) is 0 Å². The van der Waals surface area contributed by atoms with Gasteiger partial charge in [-0.15, -0.1) is 10.2 Å². The Kier molecular flexibility index (Phi) is 4.72. The van der Waals surface area contributed by atoms with Gasteiger partial charge in [0.15, 0.2) is 5.82 Å². The summed E-state index contributed by atoms with van der Waals surface area (Å²) < 4.78 is 3.07. The molecule has 0 amide bonds. The van der Waals surface area contributed by atoms with Crippen molar-refractivity contribution in [3.63, 3.8) is 0 Å². The first-order chi connectivity index (χ1) is 12.8. The van der Waals surface area contributed by atoms with Crippen LogP contribution in [0.3, 0.4) is 0 Å². The van der Waals surface area contributed by atoms with Crippen molar-refractivity contribution >= 4 is 44.2 Å². The summed E-state index contributed by atoms with van der Waals surface area (Å²) in [5.74, 6) is 2.78. The van der Waals surface area contributed by atoms with Gasteiger partial charge in [-0.2, -0.15) is 9.61 Å². The van der Waals surface area contributed by atoms with E-state index in [1.54, 1.807) is 23.1 Å². The second kappa shape index (κ2) is 7.32. The van der Waals surface area contributed by atoms with Gasteiger partial charge in [-0.25, -0.2) is 0 Å². The Balaban J connectivity index is 1.33. The summed E-state index contributed by atoms with van der Waals surface area (Å²) in [4.78, 5) is 5.36. The van der Waals surface area contributed by atoms with Crippen LogP contribution in [0.2, 0.25) is 0 Å². The van der Waals surface area contributed by atoms with Crippen LogP contribution in [-0.2, 0) is 25.0 Å². The molecule has 3 aromatic rings. The summed E-state index contributed by atoms with van der Waals surface area (Å²) in [6.07, 6.45) is 5.97. The Hall–Kier alpha value is -1.38. The molecule has 2 aromatic heterocycles. The molecule has 0 saturated carbocycles. The Labute approximate surface area is 164 Å². The summed E-state index contributed by atoms with van der Waals surface area (Å²) >= 11 is 5.21. The molecule has 3 heterocycles. The van der Waals surface area contributed by atoms with E-state index in [1.807, 2.05) is 16.3 Å². The van der Waals surface area contributed by atoms with Crippen LogP contribution in [0, 0.1) is 0 Å². The third-order valence-corrected chi connectivity index (χ3v) is 7.90. The number of aliphatic imine (C=N–C) groups is 1. The summed E-state index contributed by atoms with van der Waals surface area (Å²) in [6, 6.07) is 6.95. The molecule has 134 valence electrons. The molecule has 1 aromatic carbocycles. The maximum Gasteiger partial charge on any atom is 0.234 e. The van der Waals surface area contributed by atoms with E-state index in [2.05, 4.69) is 33.4 Å². The minimum Gasteiger partial charge on any atom is -0.271 e. The number of hydrogen-bond acceptors (Lipinski definition) is 7. The third-order valence-electron chi connectivity index (χ3n) is 4.75. The smallest absolute Gasteiger partial charge is 0.234 e. The van der Waals surface area contributed by atoms with Gasteiger partial charge < -0.3 is 0 Å². The molecule has 5 rings (SSSR count). The minimum atomic E-state index is 0.773. The Bertz CT molecular complexity index is 975. The van der Waals surface area contributed by atoms with E-state index in [-0.39, 0.29) is 0 Å². The lowest BCUT2D eigenvalue weighted by molar-refractivity contribution is 0.684. The molecule has 0 saturated heterocycles. The van der Waals surface area contributed by atoms with Gasteiger partial charge in [0.1, 0.15) is 9.38 Å². The van der Waals surface area contributed by atoms with Crippen molar-refractivity contribution < 1.29 is 0 Å². The molecule has 0 bridgehead atoms. The van der Waals surface area contributed by atoms with E-state index in [1.165, 1.54) is 42.4 Å². The SMILES string of the molecule is c1cc2c(cc1Cc1nn3c(CSC4=NCCS4)nnc3s1)CCCC2. The largest absolute Gasteiger partial charge is 0.271 e. The maximum atomic E-state index is 4.78. The average molecular weight is 402 g/mol. The number of fused-ring (bicyclic) bond motifs is 2. The highest BCUT2D eigenvalue weighted by molar-refractivity contribution is 8.38. The number of nitrogens with zero attached hydrogens (tertiary/aromatic N) is 5. The molecule has 8 heteroatoms. The molecule has 5 nitrogen and oxygen atoms in total. The van der Waals surface area contributed by atoms with Crippen molar-refractivity contribution in [2.45, 2.75) is 37.9 Å². The van der Waals surface area contributed by atoms with Crippen molar-refractivity contribution in [1.29, 1.82) is 0 Å². The maximum absolute atomic E-state index is 4.78. The molecular formula is C18H19N5S3. The van der Waals surface area contributed by atoms with Gasteiger partial charge in [-0.05, 0) is 42.4 Å². The van der Waals surface area contributed by atoms with Crippen LogP contribution in [-0.4, -0.2) is 36.5 Å². The fourth-order valence-corrected chi connectivity index (χ4v) is 6.26. The zero-order chi connectivity index (χ0) is 17.3. The molecule has 0 unspecified atom stereocenters. The van der Waals surface area contributed by atoms with Crippen molar-refractivity contribution in [3.8, 4) is 0 Å². The first-order valence-electron chi connectivity index (χ1n) is 8.96. The second-order valence-electron chi connectivity index (χ2n) is 6.58. The van der Waals surface area contributed by atoms with Gasteiger partial charge in [0, 0.05) is 12.2 Å².